The van der Waals surface area contributed by atoms with Gasteiger partial charge in [-0.25, -0.2) is 0 Å². The molecule has 1 rings (SSSR count). The zero-order valence-corrected chi connectivity index (χ0v) is 11.1. The molecule has 0 heterocycles. The molecule has 1 unspecified atom stereocenters. The Labute approximate surface area is 90.4 Å². The predicted molar refractivity (Wildman–Crippen MR) is 65.2 cm³/mol. The molecule has 0 aromatic heterocycles. The van der Waals surface area contributed by atoms with Gasteiger partial charge in [-0.15, -0.1) is 0 Å². The van der Waals surface area contributed by atoms with Crippen LogP contribution in [0.5, 0.6) is 0 Å². The highest BCUT2D eigenvalue weighted by atomic mass is 28.4. The predicted octanol–water partition coefficient (Wildman–Crippen LogP) is 4.34. The number of rotatable bonds is 5. The molecule has 0 saturated heterocycles. The van der Waals surface area contributed by atoms with Crippen LogP contribution in [-0.4, -0.2) is 15.4 Å². The third kappa shape index (κ3) is 3.09. The minimum atomic E-state index is -1.34. The van der Waals surface area contributed by atoms with Crippen molar-refractivity contribution in [1.82, 2.24) is 0 Å². The summed E-state index contributed by atoms with van der Waals surface area (Å²) in [5, 5.41) is 0. The van der Waals surface area contributed by atoms with Crippen LogP contribution in [-0.2, 0) is 4.43 Å². The van der Waals surface area contributed by atoms with Gasteiger partial charge in [0.1, 0.15) is 0 Å². The highest BCUT2D eigenvalue weighted by Crippen LogP contribution is 2.39. The lowest BCUT2D eigenvalue weighted by Gasteiger charge is -2.36. The lowest BCUT2D eigenvalue weighted by Crippen LogP contribution is -2.39. The molecule has 1 nitrogen and oxygen atoms in total. The van der Waals surface area contributed by atoms with Crippen LogP contribution in [0.15, 0.2) is 0 Å². The van der Waals surface area contributed by atoms with Crippen molar-refractivity contribution in [3.05, 3.63) is 0 Å². The zero-order chi connectivity index (χ0) is 10.4. The summed E-state index contributed by atoms with van der Waals surface area (Å²) in [6.45, 7) is 4.74. The van der Waals surface area contributed by atoms with E-state index in [4.69, 9.17) is 4.43 Å². The smallest absolute Gasteiger partial charge is 0.192 e. The second kappa shape index (κ2) is 5.91. The van der Waals surface area contributed by atoms with Crippen molar-refractivity contribution in [2.75, 3.05) is 7.11 Å². The number of unbranched alkanes of at least 4 members (excludes halogenated alkanes) is 1. The molecule has 1 atom stereocenters. The first-order valence-corrected chi connectivity index (χ1v) is 8.97. The Morgan fingerprint density at radius 1 is 1.21 bits per heavy atom. The van der Waals surface area contributed by atoms with Gasteiger partial charge in [0.05, 0.1) is 0 Å². The van der Waals surface area contributed by atoms with Crippen molar-refractivity contribution in [2.24, 2.45) is 0 Å². The molecule has 0 bridgehead atoms. The molecular weight excluding hydrogens is 188 g/mol. The molecule has 0 spiro atoms. The second-order valence-corrected chi connectivity index (χ2v) is 9.31. The van der Waals surface area contributed by atoms with E-state index in [0.29, 0.717) is 0 Å². The molecule has 0 aromatic rings. The van der Waals surface area contributed by atoms with Crippen LogP contribution in [0, 0.1) is 0 Å². The lowest BCUT2D eigenvalue weighted by molar-refractivity contribution is 0.355. The van der Waals surface area contributed by atoms with Gasteiger partial charge in [-0.2, -0.15) is 0 Å². The average Bonchev–Trinajstić information content (AvgIpc) is 2.27. The van der Waals surface area contributed by atoms with Crippen molar-refractivity contribution < 1.29 is 4.43 Å². The van der Waals surface area contributed by atoms with Crippen LogP contribution >= 0.6 is 0 Å². The maximum atomic E-state index is 5.92. The summed E-state index contributed by atoms with van der Waals surface area (Å²) < 4.78 is 5.92. The van der Waals surface area contributed by atoms with Gasteiger partial charge in [0, 0.05) is 7.11 Å². The largest absolute Gasteiger partial charge is 0.420 e. The van der Waals surface area contributed by atoms with Gasteiger partial charge < -0.3 is 4.43 Å². The highest BCUT2D eigenvalue weighted by molar-refractivity contribution is 6.74. The van der Waals surface area contributed by atoms with Crippen LogP contribution in [0.4, 0.5) is 0 Å². The maximum absolute atomic E-state index is 5.92. The van der Waals surface area contributed by atoms with Crippen LogP contribution in [0.25, 0.3) is 0 Å². The summed E-state index contributed by atoms with van der Waals surface area (Å²) in [4.78, 5) is 0. The minimum absolute atomic E-state index is 0.952. The fraction of sp³-hybridized carbons (Fsp3) is 1.00. The number of hydrogen-bond donors (Lipinski definition) is 0. The second-order valence-electron chi connectivity index (χ2n) is 4.96. The van der Waals surface area contributed by atoms with E-state index in [9.17, 15) is 0 Å². The SMILES string of the molecule is CCCC[Si](C)(OC)C1CCCCC1. The van der Waals surface area contributed by atoms with E-state index in [1.165, 1.54) is 51.0 Å². The number of hydrogen-bond acceptors (Lipinski definition) is 1. The van der Waals surface area contributed by atoms with Crippen molar-refractivity contribution >= 4 is 8.32 Å². The summed E-state index contributed by atoms with van der Waals surface area (Å²) >= 11 is 0. The van der Waals surface area contributed by atoms with E-state index in [1.54, 1.807) is 0 Å². The Hall–Kier alpha value is 0.177. The Balaban J connectivity index is 2.47. The van der Waals surface area contributed by atoms with Crippen molar-refractivity contribution in [3.8, 4) is 0 Å². The van der Waals surface area contributed by atoms with Gasteiger partial charge in [0.15, 0.2) is 8.32 Å². The Bertz CT molecular complexity index is 154. The molecule has 0 aromatic carbocycles. The van der Waals surface area contributed by atoms with E-state index in [-0.39, 0.29) is 0 Å². The molecule has 1 saturated carbocycles. The summed E-state index contributed by atoms with van der Waals surface area (Å²) in [6.07, 6.45) is 9.93. The minimum Gasteiger partial charge on any atom is -0.420 e. The quantitative estimate of drug-likeness (QED) is 0.619. The third-order valence-electron chi connectivity index (χ3n) is 3.96. The van der Waals surface area contributed by atoms with Crippen LogP contribution < -0.4 is 0 Å². The molecule has 1 aliphatic rings. The van der Waals surface area contributed by atoms with Crippen molar-refractivity contribution in [2.45, 2.75) is 70.0 Å². The Morgan fingerprint density at radius 2 is 1.86 bits per heavy atom. The van der Waals surface area contributed by atoms with Crippen LogP contribution in [0.2, 0.25) is 18.1 Å². The van der Waals surface area contributed by atoms with Crippen molar-refractivity contribution in [1.29, 1.82) is 0 Å². The molecular formula is C12H26OSi. The van der Waals surface area contributed by atoms with E-state index in [0.717, 1.165) is 5.54 Å². The molecule has 0 radical (unpaired) electrons. The molecule has 14 heavy (non-hydrogen) atoms. The monoisotopic (exact) mass is 214 g/mol. The van der Waals surface area contributed by atoms with Gasteiger partial charge in [0.25, 0.3) is 0 Å². The fourth-order valence-electron chi connectivity index (χ4n) is 2.71. The fourth-order valence-corrected chi connectivity index (χ4v) is 6.34. The third-order valence-corrected chi connectivity index (χ3v) is 8.55. The van der Waals surface area contributed by atoms with E-state index >= 15 is 0 Å². The topological polar surface area (TPSA) is 9.23 Å². The standard InChI is InChI=1S/C12H26OSi/c1-4-5-11-14(3,13-2)12-9-7-6-8-10-12/h12H,4-11H2,1-3H3. The summed E-state index contributed by atoms with van der Waals surface area (Å²) in [5.74, 6) is 0. The summed E-state index contributed by atoms with van der Waals surface area (Å²) in [6, 6.07) is 1.38. The maximum Gasteiger partial charge on any atom is 0.192 e. The van der Waals surface area contributed by atoms with E-state index < -0.39 is 8.32 Å². The Kier molecular flexibility index (Phi) is 5.17. The first-order chi connectivity index (χ1) is 6.73. The summed E-state index contributed by atoms with van der Waals surface area (Å²) in [5.41, 5.74) is 0.952. The molecule has 0 aliphatic heterocycles. The highest BCUT2D eigenvalue weighted by Gasteiger charge is 2.37. The van der Waals surface area contributed by atoms with Gasteiger partial charge in [-0.3, -0.25) is 0 Å². The van der Waals surface area contributed by atoms with Gasteiger partial charge in [0.2, 0.25) is 0 Å². The van der Waals surface area contributed by atoms with Gasteiger partial charge >= 0.3 is 0 Å². The van der Waals surface area contributed by atoms with Crippen LogP contribution in [0.3, 0.4) is 0 Å². The lowest BCUT2D eigenvalue weighted by atomic mass is 10.0. The van der Waals surface area contributed by atoms with Gasteiger partial charge in [-0.1, -0.05) is 51.9 Å². The van der Waals surface area contributed by atoms with E-state index in [2.05, 4.69) is 13.5 Å². The van der Waals surface area contributed by atoms with Crippen molar-refractivity contribution in [3.63, 3.8) is 0 Å². The molecule has 2 heteroatoms. The molecule has 84 valence electrons. The summed E-state index contributed by atoms with van der Waals surface area (Å²) in [7, 11) is 0.611. The zero-order valence-electron chi connectivity index (χ0n) is 10.1. The van der Waals surface area contributed by atoms with E-state index in [1.807, 2.05) is 7.11 Å². The molecule has 1 fully saturated rings. The normalized spacial score (nSPS) is 23.4. The molecule has 0 N–H and O–H groups in total. The first kappa shape index (κ1) is 12.2. The average molecular weight is 214 g/mol. The van der Waals surface area contributed by atoms with Crippen LogP contribution in [0.1, 0.15) is 51.9 Å². The molecule has 0 amide bonds. The first-order valence-electron chi connectivity index (χ1n) is 6.28. The van der Waals surface area contributed by atoms with Gasteiger partial charge in [-0.05, 0) is 18.1 Å². The molecule has 1 aliphatic carbocycles. The Morgan fingerprint density at radius 3 is 2.36 bits per heavy atom.